The Labute approximate surface area is 116 Å². The molecule has 0 aliphatic rings. The summed E-state index contributed by atoms with van der Waals surface area (Å²) < 4.78 is 13.1. The molecule has 0 saturated heterocycles. The van der Waals surface area contributed by atoms with Crippen LogP contribution in [0.2, 0.25) is 5.02 Å². The Morgan fingerprint density at radius 3 is 2.61 bits per heavy atom. The first-order valence-electron chi connectivity index (χ1n) is 5.52. The van der Waals surface area contributed by atoms with Gasteiger partial charge in [-0.05, 0) is 35.4 Å². The predicted molar refractivity (Wildman–Crippen MR) is 74.7 cm³/mol. The van der Waals surface area contributed by atoms with Crippen LogP contribution in [0.1, 0.15) is 11.1 Å². The van der Waals surface area contributed by atoms with E-state index in [2.05, 4.69) is 5.32 Å². The number of benzene rings is 2. The highest BCUT2D eigenvalue weighted by Crippen LogP contribution is 2.21. The van der Waals surface area contributed by atoms with E-state index in [0.29, 0.717) is 17.4 Å². The van der Waals surface area contributed by atoms with Crippen molar-refractivity contribution < 1.29 is 4.39 Å². The summed E-state index contributed by atoms with van der Waals surface area (Å²) in [6.07, 6.45) is 0. The molecule has 0 aliphatic heterocycles. The first-order valence-corrected chi connectivity index (χ1v) is 6.43. The first-order chi connectivity index (χ1) is 8.70. The van der Waals surface area contributed by atoms with Crippen LogP contribution in [0.25, 0.3) is 0 Å². The summed E-state index contributed by atoms with van der Waals surface area (Å²) in [6.45, 7) is 0.463. The van der Waals surface area contributed by atoms with Gasteiger partial charge in [0.1, 0.15) is 5.82 Å². The summed E-state index contributed by atoms with van der Waals surface area (Å²) in [4.78, 5) is 0. The molecule has 0 bridgehead atoms. The van der Waals surface area contributed by atoms with Gasteiger partial charge in [-0.3, -0.25) is 0 Å². The average Bonchev–Trinajstić information content (AvgIpc) is 2.40. The SMILES string of the molecule is Fc1ccc(Cl)c(CNc2ccccc2CCl)c1. The summed E-state index contributed by atoms with van der Waals surface area (Å²) in [7, 11) is 0. The van der Waals surface area contributed by atoms with Crippen LogP contribution in [0.15, 0.2) is 42.5 Å². The van der Waals surface area contributed by atoms with Crippen LogP contribution >= 0.6 is 23.2 Å². The number of hydrogen-bond acceptors (Lipinski definition) is 1. The summed E-state index contributed by atoms with van der Waals surface area (Å²) in [6, 6.07) is 12.1. The zero-order chi connectivity index (χ0) is 13.0. The highest BCUT2D eigenvalue weighted by molar-refractivity contribution is 6.31. The lowest BCUT2D eigenvalue weighted by molar-refractivity contribution is 0.626. The molecule has 4 heteroatoms. The molecule has 18 heavy (non-hydrogen) atoms. The van der Waals surface area contributed by atoms with Gasteiger partial charge < -0.3 is 5.32 Å². The number of rotatable bonds is 4. The summed E-state index contributed by atoms with van der Waals surface area (Å²) >= 11 is 11.8. The Balaban J connectivity index is 2.14. The Kier molecular flexibility index (Phi) is 4.45. The van der Waals surface area contributed by atoms with Gasteiger partial charge in [-0.15, -0.1) is 11.6 Å². The van der Waals surface area contributed by atoms with Gasteiger partial charge in [0.05, 0.1) is 0 Å². The molecule has 1 N–H and O–H groups in total. The largest absolute Gasteiger partial charge is 0.381 e. The highest BCUT2D eigenvalue weighted by atomic mass is 35.5. The van der Waals surface area contributed by atoms with Crippen molar-refractivity contribution in [3.05, 3.63) is 64.4 Å². The minimum atomic E-state index is -0.290. The van der Waals surface area contributed by atoms with E-state index in [4.69, 9.17) is 23.2 Å². The van der Waals surface area contributed by atoms with Crippen LogP contribution in [0.4, 0.5) is 10.1 Å². The second-order valence-corrected chi connectivity index (χ2v) is 4.55. The Bertz CT molecular complexity index is 543. The summed E-state index contributed by atoms with van der Waals surface area (Å²) in [5, 5.41) is 3.76. The van der Waals surface area contributed by atoms with Crippen molar-refractivity contribution in [3.63, 3.8) is 0 Å². The third-order valence-electron chi connectivity index (χ3n) is 2.64. The number of hydrogen-bond donors (Lipinski definition) is 1. The standard InChI is InChI=1S/C14H12Cl2FN/c15-8-10-3-1-2-4-14(10)18-9-11-7-12(17)5-6-13(11)16/h1-7,18H,8-9H2. The van der Waals surface area contributed by atoms with Crippen molar-refractivity contribution >= 4 is 28.9 Å². The van der Waals surface area contributed by atoms with Gasteiger partial charge in [-0.1, -0.05) is 29.8 Å². The van der Waals surface area contributed by atoms with E-state index < -0.39 is 0 Å². The maximum atomic E-state index is 13.1. The maximum Gasteiger partial charge on any atom is 0.123 e. The number of halogens is 3. The fourth-order valence-corrected chi connectivity index (χ4v) is 2.10. The van der Waals surface area contributed by atoms with Gasteiger partial charge >= 0.3 is 0 Å². The zero-order valence-electron chi connectivity index (χ0n) is 9.59. The third-order valence-corrected chi connectivity index (χ3v) is 3.30. The van der Waals surface area contributed by atoms with Crippen LogP contribution in [0.3, 0.4) is 0 Å². The lowest BCUT2D eigenvalue weighted by Gasteiger charge is -2.11. The molecule has 0 aromatic heterocycles. The lowest BCUT2D eigenvalue weighted by Crippen LogP contribution is -2.02. The van der Waals surface area contributed by atoms with Crippen molar-refractivity contribution in [2.45, 2.75) is 12.4 Å². The molecule has 0 spiro atoms. The number of nitrogens with one attached hydrogen (secondary N) is 1. The molecule has 94 valence electrons. The molecule has 2 rings (SSSR count). The molecule has 2 aromatic rings. The topological polar surface area (TPSA) is 12.0 Å². The number of alkyl halides is 1. The van der Waals surface area contributed by atoms with E-state index >= 15 is 0 Å². The van der Waals surface area contributed by atoms with E-state index in [1.807, 2.05) is 24.3 Å². The second kappa shape index (κ2) is 6.07. The van der Waals surface area contributed by atoms with Crippen molar-refractivity contribution in [3.8, 4) is 0 Å². The molecule has 0 heterocycles. The van der Waals surface area contributed by atoms with E-state index in [9.17, 15) is 4.39 Å². The molecule has 0 aliphatic carbocycles. The van der Waals surface area contributed by atoms with Crippen LogP contribution in [-0.2, 0) is 12.4 Å². The monoisotopic (exact) mass is 283 g/mol. The van der Waals surface area contributed by atoms with Crippen LogP contribution in [0.5, 0.6) is 0 Å². The van der Waals surface area contributed by atoms with Crippen LogP contribution in [0, 0.1) is 5.82 Å². The minimum absolute atomic E-state index is 0.290. The van der Waals surface area contributed by atoms with E-state index in [0.717, 1.165) is 16.8 Å². The molecule has 0 amide bonds. The molecule has 0 radical (unpaired) electrons. The molecule has 0 fully saturated rings. The highest BCUT2D eigenvalue weighted by Gasteiger charge is 2.04. The van der Waals surface area contributed by atoms with Gasteiger partial charge in [0, 0.05) is 23.1 Å². The average molecular weight is 284 g/mol. The number of para-hydroxylation sites is 1. The predicted octanol–water partition coefficient (Wildman–Crippen LogP) is 4.83. The fourth-order valence-electron chi connectivity index (χ4n) is 1.68. The van der Waals surface area contributed by atoms with E-state index in [1.54, 1.807) is 6.07 Å². The molecule has 2 aromatic carbocycles. The first kappa shape index (κ1) is 13.2. The van der Waals surface area contributed by atoms with Gasteiger partial charge in [-0.25, -0.2) is 4.39 Å². The molecular formula is C14H12Cl2FN. The Hall–Kier alpha value is -1.25. The normalized spacial score (nSPS) is 10.4. The lowest BCUT2D eigenvalue weighted by atomic mass is 10.1. The van der Waals surface area contributed by atoms with Crippen molar-refractivity contribution in [2.24, 2.45) is 0 Å². The van der Waals surface area contributed by atoms with Gasteiger partial charge in [-0.2, -0.15) is 0 Å². The third kappa shape index (κ3) is 3.15. The molecule has 0 unspecified atom stereocenters. The molecule has 1 nitrogen and oxygen atoms in total. The molecule has 0 saturated carbocycles. The van der Waals surface area contributed by atoms with Gasteiger partial charge in [0.2, 0.25) is 0 Å². The number of anilines is 1. The molecule has 0 atom stereocenters. The van der Waals surface area contributed by atoms with Crippen molar-refractivity contribution in [2.75, 3.05) is 5.32 Å². The molecular weight excluding hydrogens is 272 g/mol. The fraction of sp³-hybridized carbons (Fsp3) is 0.143. The van der Waals surface area contributed by atoms with E-state index in [-0.39, 0.29) is 5.82 Å². The Morgan fingerprint density at radius 1 is 1.06 bits per heavy atom. The van der Waals surface area contributed by atoms with Crippen LogP contribution in [-0.4, -0.2) is 0 Å². The maximum absolute atomic E-state index is 13.1. The Morgan fingerprint density at radius 2 is 1.83 bits per heavy atom. The minimum Gasteiger partial charge on any atom is -0.381 e. The van der Waals surface area contributed by atoms with Crippen LogP contribution < -0.4 is 5.32 Å². The van der Waals surface area contributed by atoms with Gasteiger partial charge in [0.15, 0.2) is 0 Å². The quantitative estimate of drug-likeness (QED) is 0.793. The summed E-state index contributed by atoms with van der Waals surface area (Å²) in [5.41, 5.74) is 2.67. The van der Waals surface area contributed by atoms with Gasteiger partial charge in [0.25, 0.3) is 0 Å². The van der Waals surface area contributed by atoms with E-state index in [1.165, 1.54) is 12.1 Å². The summed E-state index contributed by atoms with van der Waals surface area (Å²) in [5.74, 6) is 0.141. The smallest absolute Gasteiger partial charge is 0.123 e. The van der Waals surface area contributed by atoms with Crippen molar-refractivity contribution in [1.29, 1.82) is 0 Å². The van der Waals surface area contributed by atoms with Crippen molar-refractivity contribution in [1.82, 2.24) is 0 Å². The zero-order valence-corrected chi connectivity index (χ0v) is 11.1. The second-order valence-electron chi connectivity index (χ2n) is 3.88.